The van der Waals surface area contributed by atoms with E-state index in [9.17, 15) is 4.79 Å². The molecule has 0 heterocycles. The number of phenols is 1. The third-order valence-electron chi connectivity index (χ3n) is 1.35. The Bertz CT molecular complexity index is 273. The molecule has 0 aliphatic carbocycles. The number of carbonyl (C=O) groups is 1. The SMILES string of the molecule is NNc1c(O)cccc1C=O. The molecule has 1 aromatic rings. The second-order valence-electron chi connectivity index (χ2n) is 2.00. The molecule has 0 saturated carbocycles. The molecule has 0 atom stereocenters. The lowest BCUT2D eigenvalue weighted by Gasteiger charge is -2.04. The summed E-state index contributed by atoms with van der Waals surface area (Å²) < 4.78 is 0. The van der Waals surface area contributed by atoms with Crippen molar-refractivity contribution in [2.45, 2.75) is 0 Å². The van der Waals surface area contributed by atoms with Gasteiger partial charge in [0.15, 0.2) is 6.29 Å². The Morgan fingerprint density at radius 1 is 1.55 bits per heavy atom. The van der Waals surface area contributed by atoms with Crippen molar-refractivity contribution in [3.63, 3.8) is 0 Å². The summed E-state index contributed by atoms with van der Waals surface area (Å²) in [5.74, 6) is 5.03. The molecule has 58 valence electrons. The van der Waals surface area contributed by atoms with Crippen molar-refractivity contribution in [2.24, 2.45) is 5.84 Å². The number of benzene rings is 1. The Morgan fingerprint density at radius 3 is 2.73 bits per heavy atom. The number of hydrogen-bond acceptors (Lipinski definition) is 4. The third kappa shape index (κ3) is 1.30. The highest BCUT2D eigenvalue weighted by Crippen LogP contribution is 2.24. The summed E-state index contributed by atoms with van der Waals surface area (Å²) in [5.41, 5.74) is 2.83. The van der Waals surface area contributed by atoms with Crippen LogP contribution >= 0.6 is 0 Å². The molecule has 0 aromatic heterocycles. The quantitative estimate of drug-likeness (QED) is 0.249. The van der Waals surface area contributed by atoms with Gasteiger partial charge in [0.05, 0.1) is 0 Å². The molecule has 0 fully saturated rings. The zero-order chi connectivity index (χ0) is 8.27. The lowest BCUT2D eigenvalue weighted by molar-refractivity contribution is 0.112. The molecular weight excluding hydrogens is 144 g/mol. The summed E-state index contributed by atoms with van der Waals surface area (Å²) >= 11 is 0. The molecular formula is C7H8N2O2. The number of aromatic hydroxyl groups is 1. The fraction of sp³-hybridized carbons (Fsp3) is 0. The first kappa shape index (κ1) is 7.56. The topological polar surface area (TPSA) is 75.3 Å². The predicted octanol–water partition coefficient (Wildman–Crippen LogP) is 0.490. The molecule has 1 aromatic carbocycles. The number of nitrogens with two attached hydrogens (primary N) is 1. The minimum absolute atomic E-state index is 0.0305. The maximum absolute atomic E-state index is 10.3. The largest absolute Gasteiger partial charge is 0.506 e. The minimum atomic E-state index is -0.0305. The molecule has 0 aliphatic rings. The van der Waals surface area contributed by atoms with Crippen LogP contribution in [0.4, 0.5) is 5.69 Å². The van der Waals surface area contributed by atoms with Gasteiger partial charge in [-0.3, -0.25) is 10.6 Å². The van der Waals surface area contributed by atoms with E-state index >= 15 is 0 Å². The van der Waals surface area contributed by atoms with Crippen LogP contribution in [0.5, 0.6) is 5.75 Å². The smallest absolute Gasteiger partial charge is 0.152 e. The standard InChI is InChI=1S/C7H8N2O2/c8-9-7-5(4-10)2-1-3-6(7)11/h1-4,9,11H,8H2. The number of hydrogen-bond donors (Lipinski definition) is 3. The van der Waals surface area contributed by atoms with Gasteiger partial charge in [0.1, 0.15) is 11.4 Å². The summed E-state index contributed by atoms with van der Waals surface area (Å²) in [5, 5.41) is 9.12. The number of phenolic OH excluding ortho intramolecular Hbond substituents is 1. The van der Waals surface area contributed by atoms with Crippen LogP contribution in [0.1, 0.15) is 10.4 Å². The van der Waals surface area contributed by atoms with Gasteiger partial charge in [-0.25, -0.2) is 0 Å². The lowest BCUT2D eigenvalue weighted by Crippen LogP contribution is -2.09. The molecule has 4 heteroatoms. The molecule has 0 amide bonds. The van der Waals surface area contributed by atoms with Crippen LogP contribution < -0.4 is 11.3 Å². The average molecular weight is 152 g/mol. The molecule has 0 spiro atoms. The van der Waals surface area contributed by atoms with Crippen molar-refractivity contribution in [3.8, 4) is 5.75 Å². The van der Waals surface area contributed by atoms with Crippen LogP contribution in [0, 0.1) is 0 Å². The Labute approximate surface area is 63.6 Å². The maximum Gasteiger partial charge on any atom is 0.152 e. The van der Waals surface area contributed by atoms with E-state index in [2.05, 4.69) is 5.43 Å². The highest BCUT2D eigenvalue weighted by atomic mass is 16.3. The number of aldehydes is 1. The fourth-order valence-electron chi connectivity index (χ4n) is 0.813. The molecule has 11 heavy (non-hydrogen) atoms. The Morgan fingerprint density at radius 2 is 2.27 bits per heavy atom. The van der Waals surface area contributed by atoms with Gasteiger partial charge in [-0.05, 0) is 12.1 Å². The van der Waals surface area contributed by atoms with E-state index in [1.807, 2.05) is 0 Å². The number of nitrogen functional groups attached to an aromatic ring is 1. The molecule has 0 saturated heterocycles. The van der Waals surface area contributed by atoms with Gasteiger partial charge in [-0.2, -0.15) is 0 Å². The van der Waals surface area contributed by atoms with Crippen LogP contribution in [0.15, 0.2) is 18.2 Å². The molecule has 0 unspecified atom stereocenters. The predicted molar refractivity (Wildman–Crippen MR) is 41.3 cm³/mol. The second kappa shape index (κ2) is 3.03. The highest BCUT2D eigenvalue weighted by Gasteiger charge is 2.03. The number of carbonyl (C=O) groups excluding carboxylic acids is 1. The van der Waals surface area contributed by atoms with Crippen LogP contribution in [0.2, 0.25) is 0 Å². The first-order valence-corrected chi connectivity index (χ1v) is 3.03. The van der Waals surface area contributed by atoms with Gasteiger partial charge in [0, 0.05) is 5.56 Å². The summed E-state index contributed by atoms with van der Waals surface area (Å²) in [7, 11) is 0. The van der Waals surface area contributed by atoms with Gasteiger partial charge < -0.3 is 10.5 Å². The normalized spacial score (nSPS) is 9.18. The number of para-hydroxylation sites is 1. The first-order chi connectivity index (χ1) is 5.29. The van der Waals surface area contributed by atoms with Crippen molar-refractivity contribution in [2.75, 3.05) is 5.43 Å². The van der Waals surface area contributed by atoms with Gasteiger partial charge >= 0.3 is 0 Å². The van der Waals surface area contributed by atoms with E-state index in [4.69, 9.17) is 10.9 Å². The van der Waals surface area contributed by atoms with Gasteiger partial charge in [0.2, 0.25) is 0 Å². The molecule has 0 bridgehead atoms. The van der Waals surface area contributed by atoms with Crippen LogP contribution in [-0.4, -0.2) is 11.4 Å². The first-order valence-electron chi connectivity index (χ1n) is 3.03. The summed E-state index contributed by atoms with van der Waals surface area (Å²) in [6.07, 6.45) is 0.620. The van der Waals surface area contributed by atoms with Gasteiger partial charge in [-0.1, -0.05) is 6.07 Å². The number of anilines is 1. The number of rotatable bonds is 2. The summed E-state index contributed by atoms with van der Waals surface area (Å²) in [6.45, 7) is 0. The van der Waals surface area contributed by atoms with Gasteiger partial charge in [0.25, 0.3) is 0 Å². The van der Waals surface area contributed by atoms with Crippen molar-refractivity contribution < 1.29 is 9.90 Å². The number of nitrogens with one attached hydrogen (secondary N) is 1. The molecule has 0 radical (unpaired) electrons. The summed E-state index contributed by atoms with van der Waals surface area (Å²) in [6, 6.07) is 4.57. The Balaban J connectivity index is 3.23. The van der Waals surface area contributed by atoms with E-state index in [-0.39, 0.29) is 11.4 Å². The van der Waals surface area contributed by atoms with E-state index in [0.717, 1.165) is 0 Å². The van der Waals surface area contributed by atoms with E-state index in [0.29, 0.717) is 11.8 Å². The molecule has 4 nitrogen and oxygen atoms in total. The third-order valence-corrected chi connectivity index (χ3v) is 1.35. The molecule has 1 rings (SSSR count). The Kier molecular flexibility index (Phi) is 2.08. The van der Waals surface area contributed by atoms with Crippen molar-refractivity contribution in [1.29, 1.82) is 0 Å². The zero-order valence-corrected chi connectivity index (χ0v) is 5.74. The Hall–Kier alpha value is -1.55. The monoisotopic (exact) mass is 152 g/mol. The van der Waals surface area contributed by atoms with Crippen molar-refractivity contribution in [1.82, 2.24) is 0 Å². The van der Waals surface area contributed by atoms with Crippen LogP contribution in [0.25, 0.3) is 0 Å². The van der Waals surface area contributed by atoms with Crippen molar-refractivity contribution in [3.05, 3.63) is 23.8 Å². The molecule has 0 aliphatic heterocycles. The van der Waals surface area contributed by atoms with E-state index < -0.39 is 0 Å². The van der Waals surface area contributed by atoms with Crippen molar-refractivity contribution >= 4 is 12.0 Å². The van der Waals surface area contributed by atoms with Crippen LogP contribution in [-0.2, 0) is 0 Å². The van der Waals surface area contributed by atoms with Gasteiger partial charge in [-0.15, -0.1) is 0 Å². The van der Waals surface area contributed by atoms with E-state index in [1.54, 1.807) is 12.1 Å². The lowest BCUT2D eigenvalue weighted by atomic mass is 10.2. The average Bonchev–Trinajstić information content (AvgIpc) is 2.04. The molecule has 4 N–H and O–H groups in total. The summed E-state index contributed by atoms with van der Waals surface area (Å²) in [4.78, 5) is 10.3. The van der Waals surface area contributed by atoms with Crippen LogP contribution in [0.3, 0.4) is 0 Å². The zero-order valence-electron chi connectivity index (χ0n) is 5.74. The fourth-order valence-corrected chi connectivity index (χ4v) is 0.813. The number of hydrazine groups is 1. The highest BCUT2D eigenvalue weighted by molar-refractivity contribution is 5.86. The van der Waals surface area contributed by atoms with E-state index in [1.165, 1.54) is 6.07 Å². The minimum Gasteiger partial charge on any atom is -0.506 e. The second-order valence-corrected chi connectivity index (χ2v) is 2.00. The maximum atomic E-state index is 10.3.